The maximum Gasteiger partial charge on any atom is 0.228 e. The quantitative estimate of drug-likeness (QED) is 0.474. The van der Waals surface area contributed by atoms with Gasteiger partial charge in [0.1, 0.15) is 36.5 Å². The molecule has 0 saturated carbocycles. The van der Waals surface area contributed by atoms with Crippen LogP contribution in [0.25, 0.3) is 11.1 Å². The van der Waals surface area contributed by atoms with Crippen LogP contribution in [0.1, 0.15) is 33.3 Å². The van der Waals surface area contributed by atoms with Crippen molar-refractivity contribution in [1.82, 2.24) is 24.4 Å². The molecule has 0 fully saturated rings. The fraction of sp³-hybridized carbons (Fsp3) is 0.409. The third-order valence-corrected chi connectivity index (χ3v) is 5.59. The highest BCUT2D eigenvalue weighted by atomic mass is 35.5. The number of nitrogen functional groups attached to an aromatic ring is 1. The molecule has 1 aliphatic rings. The first-order valence-electron chi connectivity index (χ1n) is 10.3. The first-order chi connectivity index (χ1) is 14.6. The lowest BCUT2D eigenvalue weighted by molar-refractivity contribution is 0.0836. The van der Waals surface area contributed by atoms with Gasteiger partial charge in [0, 0.05) is 36.0 Å². The van der Waals surface area contributed by atoms with E-state index in [9.17, 15) is 5.21 Å². The van der Waals surface area contributed by atoms with Gasteiger partial charge in [-0.25, -0.2) is 9.97 Å². The Morgan fingerprint density at radius 3 is 2.81 bits per heavy atom. The molecule has 8 nitrogen and oxygen atoms in total. The van der Waals surface area contributed by atoms with Crippen LogP contribution in [0, 0.1) is 11.1 Å². The van der Waals surface area contributed by atoms with Gasteiger partial charge >= 0.3 is 0 Å². The number of nitrogens with two attached hydrogens (primary N) is 1. The van der Waals surface area contributed by atoms with Crippen molar-refractivity contribution in [3.8, 4) is 17.0 Å². The van der Waals surface area contributed by atoms with Crippen molar-refractivity contribution < 1.29 is 4.74 Å². The van der Waals surface area contributed by atoms with Crippen LogP contribution in [0.3, 0.4) is 0 Å². The van der Waals surface area contributed by atoms with E-state index in [0.29, 0.717) is 28.1 Å². The average molecular weight is 443 g/mol. The normalized spacial score (nSPS) is 20.2. The summed E-state index contributed by atoms with van der Waals surface area (Å²) in [6.07, 6.45) is 5.11. The Hall–Kier alpha value is -2.68. The molecule has 0 bridgehead atoms. The zero-order valence-corrected chi connectivity index (χ0v) is 18.9. The highest BCUT2D eigenvalue weighted by Gasteiger charge is 2.39. The Kier molecular flexibility index (Phi) is 5.41. The van der Waals surface area contributed by atoms with Crippen LogP contribution in [0.15, 0.2) is 36.9 Å². The van der Waals surface area contributed by atoms with E-state index in [1.807, 2.05) is 36.9 Å². The Morgan fingerprint density at radius 1 is 1.32 bits per heavy atom. The third-order valence-electron chi connectivity index (χ3n) is 5.28. The Bertz CT molecular complexity index is 1110. The summed E-state index contributed by atoms with van der Waals surface area (Å²) in [5.41, 5.74) is 8.08. The highest BCUT2D eigenvalue weighted by Crippen LogP contribution is 2.39. The summed E-state index contributed by atoms with van der Waals surface area (Å²) in [7, 11) is 0. The molecule has 0 radical (unpaired) electrons. The summed E-state index contributed by atoms with van der Waals surface area (Å²) in [5.74, 6) is 1.10. The topological polar surface area (TPSA) is 102 Å². The van der Waals surface area contributed by atoms with Crippen LogP contribution >= 0.6 is 11.6 Å². The number of rotatable bonds is 4. The van der Waals surface area contributed by atoms with E-state index in [0.717, 1.165) is 17.7 Å². The molecule has 1 unspecified atom stereocenters. The lowest BCUT2D eigenvalue weighted by Crippen LogP contribution is -2.51. The fourth-order valence-corrected chi connectivity index (χ4v) is 4.30. The molecule has 0 amide bonds. The van der Waals surface area contributed by atoms with Crippen LogP contribution in [0.4, 0.5) is 11.5 Å². The number of hydrogen-bond acceptors (Lipinski definition) is 6. The minimum absolute atomic E-state index is 0.0629. The standard InChI is InChI=1S/C22H27ClN6O2/c1-14(2)9-28-10-15(8-27-28)17-6-5-16(7-19(17)23)29(30)11-18-20(24)25-13-26-21(18)31-22(3,4)12-29/h5-8,10,13-14H,9,11-12H2,1-4H3,(H2,24,25,26). The molecule has 164 valence electrons. The molecule has 0 spiro atoms. The van der Waals surface area contributed by atoms with Crippen LogP contribution in [0.5, 0.6) is 5.88 Å². The lowest BCUT2D eigenvalue weighted by Gasteiger charge is -2.44. The molecule has 1 aliphatic heterocycles. The summed E-state index contributed by atoms with van der Waals surface area (Å²) < 4.78 is 7.24. The predicted molar refractivity (Wildman–Crippen MR) is 122 cm³/mol. The van der Waals surface area contributed by atoms with E-state index in [-0.39, 0.29) is 18.9 Å². The smallest absolute Gasteiger partial charge is 0.228 e. The Labute approximate surface area is 186 Å². The minimum atomic E-state index is -0.753. The van der Waals surface area contributed by atoms with Crippen molar-refractivity contribution in [3.63, 3.8) is 0 Å². The molecule has 0 saturated heterocycles. The highest BCUT2D eigenvalue weighted by molar-refractivity contribution is 6.33. The van der Waals surface area contributed by atoms with E-state index < -0.39 is 10.2 Å². The van der Waals surface area contributed by atoms with Gasteiger partial charge in [-0.05, 0) is 25.8 Å². The first-order valence-corrected chi connectivity index (χ1v) is 10.6. The van der Waals surface area contributed by atoms with Crippen LogP contribution < -0.4 is 15.1 Å². The van der Waals surface area contributed by atoms with Gasteiger partial charge in [0.25, 0.3) is 0 Å². The number of halogens is 1. The predicted octanol–water partition coefficient (Wildman–Crippen LogP) is 4.41. The number of aromatic nitrogens is 4. The summed E-state index contributed by atoms with van der Waals surface area (Å²) in [6.45, 7) is 9.08. The molecule has 31 heavy (non-hydrogen) atoms. The molecule has 1 atom stereocenters. The molecule has 3 aromatic rings. The molecular weight excluding hydrogens is 416 g/mol. The molecule has 0 aliphatic carbocycles. The SMILES string of the molecule is CC(C)Cn1cc(-c2ccc([N+]3([O-])Cc4c(N)ncnc4OC(C)(C)C3)cc2Cl)cn1. The van der Waals surface area contributed by atoms with Gasteiger partial charge in [-0.15, -0.1) is 0 Å². The number of nitrogens with zero attached hydrogens (tertiary/aromatic N) is 5. The number of fused-ring (bicyclic) bond motifs is 1. The van der Waals surface area contributed by atoms with Crippen molar-refractivity contribution in [2.75, 3.05) is 12.3 Å². The van der Waals surface area contributed by atoms with Crippen molar-refractivity contribution in [3.05, 3.63) is 52.7 Å². The summed E-state index contributed by atoms with van der Waals surface area (Å²) in [5, 5.41) is 19.0. The second-order valence-electron chi connectivity index (χ2n) is 9.12. The largest absolute Gasteiger partial charge is 0.627 e. The molecule has 1 aromatic carbocycles. The summed E-state index contributed by atoms with van der Waals surface area (Å²) in [6, 6.07) is 5.41. The number of hydrogen-bond donors (Lipinski definition) is 1. The van der Waals surface area contributed by atoms with Gasteiger partial charge in [0.15, 0.2) is 5.60 Å². The molecule has 2 N–H and O–H groups in total. The second kappa shape index (κ2) is 7.78. The van der Waals surface area contributed by atoms with E-state index in [1.165, 1.54) is 6.33 Å². The van der Waals surface area contributed by atoms with E-state index in [4.69, 9.17) is 22.1 Å². The van der Waals surface area contributed by atoms with Crippen molar-refractivity contribution in [2.45, 2.75) is 46.4 Å². The number of hydroxylamine groups is 2. The van der Waals surface area contributed by atoms with Crippen LogP contribution in [-0.4, -0.2) is 31.9 Å². The maximum absolute atomic E-state index is 14.1. The fourth-order valence-electron chi connectivity index (χ4n) is 4.02. The van der Waals surface area contributed by atoms with Gasteiger partial charge in [-0.3, -0.25) is 4.68 Å². The van der Waals surface area contributed by atoms with Gasteiger partial charge in [0.05, 0.1) is 11.2 Å². The monoisotopic (exact) mass is 442 g/mol. The van der Waals surface area contributed by atoms with Crippen LogP contribution in [-0.2, 0) is 13.1 Å². The van der Waals surface area contributed by atoms with Gasteiger partial charge in [0.2, 0.25) is 5.88 Å². The second-order valence-corrected chi connectivity index (χ2v) is 9.53. The summed E-state index contributed by atoms with van der Waals surface area (Å²) >= 11 is 6.64. The van der Waals surface area contributed by atoms with E-state index >= 15 is 0 Å². The molecule has 2 aromatic heterocycles. The number of benzene rings is 1. The number of anilines is 1. The number of ether oxygens (including phenoxy) is 1. The molecule has 4 rings (SSSR count). The zero-order chi connectivity index (χ0) is 22.4. The molecule has 9 heteroatoms. The van der Waals surface area contributed by atoms with Crippen LogP contribution in [0.2, 0.25) is 5.02 Å². The third kappa shape index (κ3) is 4.37. The average Bonchev–Trinajstić information content (AvgIpc) is 3.06. The maximum atomic E-state index is 14.1. The Balaban J connectivity index is 1.71. The molecular formula is C22H27ClN6O2. The first kappa shape index (κ1) is 21.5. The van der Waals surface area contributed by atoms with Crippen molar-refractivity contribution >= 4 is 23.1 Å². The van der Waals surface area contributed by atoms with Crippen molar-refractivity contribution in [1.29, 1.82) is 0 Å². The van der Waals surface area contributed by atoms with E-state index in [1.54, 1.807) is 12.3 Å². The minimum Gasteiger partial charge on any atom is -0.627 e. The lowest BCUT2D eigenvalue weighted by atomic mass is 10.1. The zero-order valence-electron chi connectivity index (χ0n) is 18.2. The number of quaternary nitrogens is 1. The van der Waals surface area contributed by atoms with Gasteiger partial charge in [-0.1, -0.05) is 25.4 Å². The summed E-state index contributed by atoms with van der Waals surface area (Å²) in [4.78, 5) is 8.23. The van der Waals surface area contributed by atoms with Gasteiger partial charge in [-0.2, -0.15) is 5.10 Å². The van der Waals surface area contributed by atoms with E-state index in [2.05, 4.69) is 28.9 Å². The van der Waals surface area contributed by atoms with Crippen molar-refractivity contribution in [2.24, 2.45) is 5.92 Å². The Morgan fingerprint density at radius 2 is 2.10 bits per heavy atom. The molecule has 3 heterocycles. The van der Waals surface area contributed by atoms with Gasteiger partial charge < -0.3 is 20.3 Å².